The van der Waals surface area contributed by atoms with Crippen molar-refractivity contribution in [1.82, 2.24) is 5.32 Å². The minimum Gasteiger partial charge on any atom is -0.310 e. The van der Waals surface area contributed by atoms with Crippen LogP contribution in [0.15, 0.2) is 23.1 Å². The maximum Gasteiger partial charge on any atom is 0.0462 e. The Balaban J connectivity index is 2.11. The number of hydrogen-bond donors (Lipinski definition) is 1. The lowest BCUT2D eigenvalue weighted by Crippen LogP contribution is -2.16. The molecule has 0 aliphatic heterocycles. The Bertz CT molecular complexity index is 323. The number of benzene rings is 1. The van der Waals surface area contributed by atoms with E-state index in [9.17, 15) is 0 Å². The number of hydrogen-bond acceptors (Lipinski definition) is 2. The van der Waals surface area contributed by atoms with Crippen LogP contribution < -0.4 is 5.32 Å². The van der Waals surface area contributed by atoms with E-state index in [0.717, 1.165) is 17.6 Å². The standard InChI is InChI=1S/C11H14ClNS/c1-14-11-4-2-3-10(12)9(11)7-13-8-5-6-8/h2-4,8,13H,5-7H2,1H3. The largest absolute Gasteiger partial charge is 0.310 e. The van der Waals surface area contributed by atoms with Crippen LogP contribution >= 0.6 is 23.4 Å². The van der Waals surface area contributed by atoms with E-state index in [4.69, 9.17) is 11.6 Å². The van der Waals surface area contributed by atoms with Crippen LogP contribution in [0.4, 0.5) is 0 Å². The fourth-order valence-electron chi connectivity index (χ4n) is 1.44. The third-order valence-electron chi connectivity index (χ3n) is 2.44. The maximum absolute atomic E-state index is 6.16. The molecule has 1 aromatic carbocycles. The number of nitrogens with one attached hydrogen (secondary N) is 1. The summed E-state index contributed by atoms with van der Waals surface area (Å²) in [4.78, 5) is 1.28. The lowest BCUT2D eigenvalue weighted by Gasteiger charge is -2.09. The average Bonchev–Trinajstić information content (AvgIpc) is 2.99. The molecule has 0 spiro atoms. The van der Waals surface area contributed by atoms with Crippen LogP contribution in [-0.4, -0.2) is 12.3 Å². The van der Waals surface area contributed by atoms with E-state index >= 15 is 0 Å². The van der Waals surface area contributed by atoms with Crippen LogP contribution in [0.3, 0.4) is 0 Å². The van der Waals surface area contributed by atoms with Crippen molar-refractivity contribution in [2.24, 2.45) is 0 Å². The second-order valence-corrected chi connectivity index (χ2v) is 4.83. The van der Waals surface area contributed by atoms with E-state index in [1.807, 2.05) is 12.1 Å². The fourth-order valence-corrected chi connectivity index (χ4v) is 2.38. The van der Waals surface area contributed by atoms with Crippen LogP contribution in [0.25, 0.3) is 0 Å². The van der Waals surface area contributed by atoms with Gasteiger partial charge < -0.3 is 5.32 Å². The average molecular weight is 228 g/mol. The zero-order chi connectivity index (χ0) is 9.97. The number of thioether (sulfide) groups is 1. The van der Waals surface area contributed by atoms with Gasteiger partial charge in [0.1, 0.15) is 0 Å². The van der Waals surface area contributed by atoms with Crippen molar-refractivity contribution in [3.8, 4) is 0 Å². The summed E-state index contributed by atoms with van der Waals surface area (Å²) in [6.07, 6.45) is 4.73. The van der Waals surface area contributed by atoms with Gasteiger partial charge in [0.05, 0.1) is 0 Å². The highest BCUT2D eigenvalue weighted by Gasteiger charge is 2.20. The zero-order valence-corrected chi connectivity index (χ0v) is 9.79. The molecule has 1 nitrogen and oxygen atoms in total. The molecule has 3 heteroatoms. The third kappa shape index (κ3) is 2.44. The summed E-state index contributed by atoms with van der Waals surface area (Å²) in [5.74, 6) is 0. The molecule has 0 saturated heterocycles. The number of halogens is 1. The van der Waals surface area contributed by atoms with Gasteiger partial charge in [-0.15, -0.1) is 11.8 Å². The van der Waals surface area contributed by atoms with Crippen LogP contribution in [0.1, 0.15) is 18.4 Å². The Kier molecular flexibility index (Phi) is 3.37. The Hall–Kier alpha value is -0.180. The fraction of sp³-hybridized carbons (Fsp3) is 0.455. The highest BCUT2D eigenvalue weighted by molar-refractivity contribution is 7.98. The molecule has 1 fully saturated rings. The molecular formula is C11H14ClNS. The van der Waals surface area contributed by atoms with Crippen molar-refractivity contribution in [2.45, 2.75) is 30.3 Å². The predicted molar refractivity (Wildman–Crippen MR) is 63.1 cm³/mol. The van der Waals surface area contributed by atoms with Gasteiger partial charge in [0, 0.05) is 22.5 Å². The topological polar surface area (TPSA) is 12.0 Å². The molecule has 1 aliphatic rings. The highest BCUT2D eigenvalue weighted by atomic mass is 35.5. The van der Waals surface area contributed by atoms with Crippen LogP contribution in [0.2, 0.25) is 5.02 Å². The first-order valence-corrected chi connectivity index (χ1v) is 6.46. The Morgan fingerprint density at radius 3 is 2.93 bits per heavy atom. The SMILES string of the molecule is CSc1cccc(Cl)c1CNC1CC1. The molecule has 1 saturated carbocycles. The van der Waals surface area contributed by atoms with Gasteiger partial charge in [-0.1, -0.05) is 17.7 Å². The minimum absolute atomic E-state index is 0.737. The molecule has 0 radical (unpaired) electrons. The molecule has 2 rings (SSSR count). The van der Waals surface area contributed by atoms with Crippen LogP contribution in [-0.2, 0) is 6.54 Å². The third-order valence-corrected chi connectivity index (χ3v) is 3.62. The Morgan fingerprint density at radius 2 is 2.29 bits per heavy atom. The van der Waals surface area contributed by atoms with Crippen molar-refractivity contribution < 1.29 is 0 Å². The lowest BCUT2D eigenvalue weighted by atomic mass is 10.2. The second-order valence-electron chi connectivity index (χ2n) is 3.58. The smallest absolute Gasteiger partial charge is 0.0462 e. The van der Waals surface area contributed by atoms with E-state index in [1.165, 1.54) is 23.3 Å². The molecule has 0 heterocycles. The molecule has 1 aliphatic carbocycles. The van der Waals surface area contributed by atoms with E-state index in [2.05, 4.69) is 17.6 Å². The van der Waals surface area contributed by atoms with Gasteiger partial charge >= 0.3 is 0 Å². The van der Waals surface area contributed by atoms with Gasteiger partial charge in [-0.25, -0.2) is 0 Å². The zero-order valence-electron chi connectivity index (χ0n) is 8.22. The molecule has 0 aromatic heterocycles. The van der Waals surface area contributed by atoms with Gasteiger partial charge in [0.2, 0.25) is 0 Å². The lowest BCUT2D eigenvalue weighted by molar-refractivity contribution is 0.680. The van der Waals surface area contributed by atoms with Crippen molar-refractivity contribution in [3.05, 3.63) is 28.8 Å². The molecular weight excluding hydrogens is 214 g/mol. The first kappa shape index (κ1) is 10.3. The normalized spacial score (nSPS) is 15.9. The quantitative estimate of drug-likeness (QED) is 0.793. The van der Waals surface area contributed by atoms with Gasteiger partial charge in [-0.2, -0.15) is 0 Å². The van der Waals surface area contributed by atoms with Crippen molar-refractivity contribution in [1.29, 1.82) is 0 Å². The van der Waals surface area contributed by atoms with E-state index in [-0.39, 0.29) is 0 Å². The summed E-state index contributed by atoms with van der Waals surface area (Å²) >= 11 is 7.92. The molecule has 0 unspecified atom stereocenters. The highest BCUT2D eigenvalue weighted by Crippen LogP contribution is 2.28. The van der Waals surface area contributed by atoms with Crippen molar-refractivity contribution >= 4 is 23.4 Å². The molecule has 0 atom stereocenters. The minimum atomic E-state index is 0.737. The van der Waals surface area contributed by atoms with Gasteiger partial charge in [-0.3, -0.25) is 0 Å². The first-order chi connectivity index (χ1) is 6.81. The first-order valence-electron chi connectivity index (χ1n) is 4.86. The maximum atomic E-state index is 6.16. The van der Waals surface area contributed by atoms with E-state index < -0.39 is 0 Å². The molecule has 1 aromatic rings. The molecule has 0 amide bonds. The summed E-state index contributed by atoms with van der Waals surface area (Å²) < 4.78 is 0. The number of rotatable bonds is 4. The van der Waals surface area contributed by atoms with E-state index in [0.29, 0.717) is 0 Å². The summed E-state index contributed by atoms with van der Waals surface area (Å²) in [7, 11) is 0. The van der Waals surface area contributed by atoms with E-state index in [1.54, 1.807) is 11.8 Å². The molecule has 0 bridgehead atoms. The summed E-state index contributed by atoms with van der Waals surface area (Å²) in [6, 6.07) is 6.83. The van der Waals surface area contributed by atoms with Gasteiger partial charge in [0.15, 0.2) is 0 Å². The predicted octanol–water partition coefficient (Wildman–Crippen LogP) is 3.31. The molecule has 14 heavy (non-hydrogen) atoms. The summed E-state index contributed by atoms with van der Waals surface area (Å²) in [5, 5.41) is 4.37. The van der Waals surface area contributed by atoms with Gasteiger partial charge in [-0.05, 0) is 36.8 Å². The Morgan fingerprint density at radius 1 is 1.50 bits per heavy atom. The van der Waals surface area contributed by atoms with Crippen LogP contribution in [0, 0.1) is 0 Å². The molecule has 76 valence electrons. The summed E-state index contributed by atoms with van der Waals surface area (Å²) in [5.41, 5.74) is 1.24. The molecule has 1 N–H and O–H groups in total. The van der Waals surface area contributed by atoms with Crippen LogP contribution in [0.5, 0.6) is 0 Å². The summed E-state index contributed by atoms with van der Waals surface area (Å²) in [6.45, 7) is 0.903. The monoisotopic (exact) mass is 227 g/mol. The van der Waals surface area contributed by atoms with Gasteiger partial charge in [0.25, 0.3) is 0 Å². The Labute approximate surface area is 94.2 Å². The second kappa shape index (κ2) is 4.56. The van der Waals surface area contributed by atoms with Crippen molar-refractivity contribution in [2.75, 3.05) is 6.26 Å². The van der Waals surface area contributed by atoms with Crippen molar-refractivity contribution in [3.63, 3.8) is 0 Å².